The van der Waals surface area contributed by atoms with Crippen molar-refractivity contribution >= 4 is 17.2 Å². The van der Waals surface area contributed by atoms with Crippen molar-refractivity contribution in [1.82, 2.24) is 15.3 Å². The molecule has 170 valence electrons. The summed E-state index contributed by atoms with van der Waals surface area (Å²) >= 11 is 1.47. The van der Waals surface area contributed by atoms with Crippen molar-refractivity contribution in [2.75, 3.05) is 7.11 Å². The Morgan fingerprint density at radius 3 is 2.59 bits per heavy atom. The van der Waals surface area contributed by atoms with Crippen LogP contribution in [0.3, 0.4) is 0 Å². The molecule has 0 spiro atoms. The molecule has 32 heavy (non-hydrogen) atoms. The van der Waals surface area contributed by atoms with Crippen LogP contribution in [0.5, 0.6) is 5.75 Å². The van der Waals surface area contributed by atoms with Crippen molar-refractivity contribution in [3.05, 3.63) is 63.8 Å². The molecule has 1 N–H and O–H groups in total. The molecule has 3 rings (SSSR count). The number of pyridine rings is 1. The molecule has 0 saturated heterocycles. The van der Waals surface area contributed by atoms with Crippen LogP contribution < -0.4 is 10.1 Å². The lowest BCUT2D eigenvalue weighted by atomic mass is 10.0. The lowest BCUT2D eigenvalue weighted by Gasteiger charge is -2.17. The molecule has 1 unspecified atom stereocenters. The Labute approximate surface area is 194 Å². The molecular formula is C25H31N3O3S. The Morgan fingerprint density at radius 2 is 1.94 bits per heavy atom. The van der Waals surface area contributed by atoms with Crippen molar-refractivity contribution in [2.24, 2.45) is 0 Å². The molecule has 3 aromatic rings. The maximum Gasteiger partial charge on any atom is 0.271 e. The van der Waals surface area contributed by atoms with Crippen LogP contribution in [0.15, 0.2) is 36.5 Å². The zero-order chi connectivity index (χ0) is 23.3. The van der Waals surface area contributed by atoms with Gasteiger partial charge in [0.25, 0.3) is 5.91 Å². The van der Waals surface area contributed by atoms with E-state index in [0.29, 0.717) is 12.2 Å². The third-order valence-electron chi connectivity index (χ3n) is 4.95. The van der Waals surface area contributed by atoms with E-state index in [-0.39, 0.29) is 18.1 Å². The second-order valence-electron chi connectivity index (χ2n) is 8.17. The highest BCUT2D eigenvalue weighted by Gasteiger charge is 2.18. The van der Waals surface area contributed by atoms with Gasteiger partial charge in [-0.3, -0.25) is 9.78 Å². The van der Waals surface area contributed by atoms with E-state index in [0.717, 1.165) is 44.4 Å². The van der Waals surface area contributed by atoms with Gasteiger partial charge in [-0.05, 0) is 64.3 Å². The third kappa shape index (κ3) is 6.14. The standard InChI is InChI=1S/C25H31N3O3S/c1-15(2)31-17(4)11-19-8-10-22(30-6)20(12-19)14-27-24(29)23-18(5)32-25(28-23)21-9-7-16(3)13-26-21/h7-10,12-13,15,17H,11,14H2,1-6H3,(H,27,29). The van der Waals surface area contributed by atoms with Crippen LogP contribution in [0, 0.1) is 13.8 Å². The zero-order valence-electron chi connectivity index (χ0n) is 19.6. The summed E-state index contributed by atoms with van der Waals surface area (Å²) in [5, 5.41) is 3.73. The largest absolute Gasteiger partial charge is 0.496 e. The maximum atomic E-state index is 12.9. The number of hydrogen-bond donors (Lipinski definition) is 1. The highest BCUT2D eigenvalue weighted by atomic mass is 32.1. The van der Waals surface area contributed by atoms with Crippen LogP contribution >= 0.6 is 11.3 Å². The van der Waals surface area contributed by atoms with Crippen LogP contribution in [0.4, 0.5) is 0 Å². The topological polar surface area (TPSA) is 73.3 Å². The molecule has 1 atom stereocenters. The van der Waals surface area contributed by atoms with Crippen LogP contribution in [0.1, 0.15) is 52.8 Å². The third-order valence-corrected chi connectivity index (χ3v) is 5.95. The van der Waals surface area contributed by atoms with Crippen molar-refractivity contribution in [3.8, 4) is 16.5 Å². The van der Waals surface area contributed by atoms with Gasteiger partial charge in [0, 0.05) is 23.2 Å². The summed E-state index contributed by atoms with van der Waals surface area (Å²) in [5.41, 5.74) is 4.35. The van der Waals surface area contributed by atoms with Gasteiger partial charge in [-0.1, -0.05) is 18.2 Å². The minimum absolute atomic E-state index is 0.109. The van der Waals surface area contributed by atoms with E-state index >= 15 is 0 Å². The average molecular weight is 454 g/mol. The molecular weight excluding hydrogens is 422 g/mol. The number of methoxy groups -OCH3 is 1. The number of thiazole rings is 1. The first-order chi connectivity index (χ1) is 15.3. The number of hydrogen-bond acceptors (Lipinski definition) is 6. The number of carbonyl (C=O) groups is 1. The van der Waals surface area contributed by atoms with Crippen molar-refractivity contribution < 1.29 is 14.3 Å². The van der Waals surface area contributed by atoms with Gasteiger partial charge in [0.1, 0.15) is 16.5 Å². The highest BCUT2D eigenvalue weighted by Crippen LogP contribution is 2.27. The number of benzene rings is 1. The summed E-state index contributed by atoms with van der Waals surface area (Å²) < 4.78 is 11.4. The minimum atomic E-state index is -0.207. The molecule has 0 aliphatic carbocycles. The van der Waals surface area contributed by atoms with Gasteiger partial charge >= 0.3 is 0 Å². The molecule has 6 nitrogen and oxygen atoms in total. The minimum Gasteiger partial charge on any atom is -0.496 e. The molecule has 0 aliphatic rings. The first-order valence-corrected chi connectivity index (χ1v) is 11.6. The Morgan fingerprint density at radius 1 is 1.16 bits per heavy atom. The van der Waals surface area contributed by atoms with Crippen molar-refractivity contribution in [1.29, 1.82) is 0 Å². The Bertz CT molecular complexity index is 1060. The van der Waals surface area contributed by atoms with Crippen LogP contribution in [-0.2, 0) is 17.7 Å². The molecule has 0 saturated carbocycles. The van der Waals surface area contributed by atoms with Gasteiger partial charge in [-0.15, -0.1) is 11.3 Å². The summed E-state index contributed by atoms with van der Waals surface area (Å²) in [6.45, 7) is 10.4. The Hall–Kier alpha value is -2.77. The summed E-state index contributed by atoms with van der Waals surface area (Å²) in [5.74, 6) is 0.534. The van der Waals surface area contributed by atoms with E-state index in [2.05, 4.69) is 28.3 Å². The number of aromatic nitrogens is 2. The Balaban J connectivity index is 1.71. The number of amides is 1. The number of rotatable bonds is 9. The fourth-order valence-electron chi connectivity index (χ4n) is 3.51. The number of carbonyl (C=O) groups excluding carboxylic acids is 1. The number of ether oxygens (including phenoxy) is 2. The second kappa shape index (κ2) is 10.7. The molecule has 0 aliphatic heterocycles. The highest BCUT2D eigenvalue weighted by molar-refractivity contribution is 7.15. The Kier molecular flexibility index (Phi) is 7.99. The number of aryl methyl sites for hydroxylation is 2. The smallest absolute Gasteiger partial charge is 0.271 e. The van der Waals surface area contributed by atoms with E-state index in [4.69, 9.17) is 9.47 Å². The maximum absolute atomic E-state index is 12.9. The molecule has 0 radical (unpaired) electrons. The first-order valence-electron chi connectivity index (χ1n) is 10.8. The van der Waals surface area contributed by atoms with Gasteiger partial charge in [0.15, 0.2) is 0 Å². The van der Waals surface area contributed by atoms with Crippen molar-refractivity contribution in [3.63, 3.8) is 0 Å². The van der Waals surface area contributed by atoms with E-state index in [1.165, 1.54) is 11.3 Å². The van der Waals surface area contributed by atoms with Crippen LogP contribution in [0.25, 0.3) is 10.7 Å². The normalized spacial score (nSPS) is 12.1. The summed E-state index contributed by atoms with van der Waals surface area (Å²) in [6, 6.07) is 9.96. The van der Waals surface area contributed by atoms with Gasteiger partial charge < -0.3 is 14.8 Å². The number of nitrogens with one attached hydrogen (secondary N) is 1. The quantitative estimate of drug-likeness (QED) is 0.487. The molecule has 1 aromatic carbocycles. The van der Waals surface area contributed by atoms with Crippen molar-refractivity contribution in [2.45, 2.75) is 59.8 Å². The van der Waals surface area contributed by atoms with Gasteiger partial charge in [0.2, 0.25) is 0 Å². The van der Waals surface area contributed by atoms with E-state index in [1.54, 1.807) is 13.3 Å². The van der Waals surface area contributed by atoms with E-state index < -0.39 is 0 Å². The van der Waals surface area contributed by atoms with Crippen LogP contribution in [-0.4, -0.2) is 35.2 Å². The number of nitrogens with zero attached hydrogens (tertiary/aromatic N) is 2. The van der Waals surface area contributed by atoms with Gasteiger partial charge in [0.05, 0.1) is 25.0 Å². The first kappa shape index (κ1) is 23.9. The van der Waals surface area contributed by atoms with Gasteiger partial charge in [-0.2, -0.15) is 0 Å². The van der Waals surface area contributed by atoms with E-state index in [1.807, 2.05) is 52.0 Å². The van der Waals surface area contributed by atoms with Crippen LogP contribution in [0.2, 0.25) is 0 Å². The molecule has 7 heteroatoms. The average Bonchev–Trinajstić information content (AvgIpc) is 3.13. The monoisotopic (exact) mass is 453 g/mol. The lowest BCUT2D eigenvalue weighted by molar-refractivity contribution is 0.0194. The lowest BCUT2D eigenvalue weighted by Crippen LogP contribution is -2.24. The second-order valence-corrected chi connectivity index (χ2v) is 9.38. The summed E-state index contributed by atoms with van der Waals surface area (Å²) in [7, 11) is 1.64. The summed E-state index contributed by atoms with van der Waals surface area (Å²) in [6.07, 6.45) is 2.89. The molecule has 0 fully saturated rings. The summed E-state index contributed by atoms with van der Waals surface area (Å²) in [4.78, 5) is 22.7. The molecule has 2 aromatic heterocycles. The predicted octanol–water partition coefficient (Wildman–Crippen LogP) is 5.12. The molecule has 0 bridgehead atoms. The predicted molar refractivity (Wildman–Crippen MR) is 128 cm³/mol. The molecule has 2 heterocycles. The van der Waals surface area contributed by atoms with E-state index in [9.17, 15) is 4.79 Å². The fraction of sp³-hybridized carbons (Fsp3) is 0.400. The van der Waals surface area contributed by atoms with Gasteiger partial charge in [-0.25, -0.2) is 4.98 Å². The SMILES string of the molecule is COc1ccc(CC(C)OC(C)C)cc1CNC(=O)c1nc(-c2ccc(C)cn2)sc1C. The molecule has 1 amide bonds. The zero-order valence-corrected chi connectivity index (χ0v) is 20.4. The fourth-order valence-corrected chi connectivity index (χ4v) is 4.40.